The molecule has 2 aromatic rings. The van der Waals surface area contributed by atoms with Crippen molar-refractivity contribution in [1.82, 2.24) is 19.6 Å². The van der Waals surface area contributed by atoms with Gasteiger partial charge < -0.3 is 10.0 Å². The largest absolute Gasteiger partial charge is 0.392 e. The SMILES string of the molecule is O=C(Cn1cccn1)N1CCN(Cc2ccccc2CO)CC1. The lowest BCUT2D eigenvalue weighted by atomic mass is 10.1. The summed E-state index contributed by atoms with van der Waals surface area (Å²) in [6.45, 7) is 4.37. The summed E-state index contributed by atoms with van der Waals surface area (Å²) < 4.78 is 1.66. The molecular formula is C17H22N4O2. The Morgan fingerprint density at radius 1 is 1.09 bits per heavy atom. The van der Waals surface area contributed by atoms with Gasteiger partial charge in [0.05, 0.1) is 6.61 Å². The van der Waals surface area contributed by atoms with Gasteiger partial charge in [-0.1, -0.05) is 24.3 Å². The molecule has 1 aromatic heterocycles. The molecule has 6 heteroatoms. The molecule has 0 atom stereocenters. The molecule has 0 unspecified atom stereocenters. The first kappa shape index (κ1) is 15.7. The van der Waals surface area contributed by atoms with Gasteiger partial charge in [-0.15, -0.1) is 0 Å². The second-order valence-electron chi connectivity index (χ2n) is 5.79. The van der Waals surface area contributed by atoms with E-state index in [9.17, 15) is 9.90 Å². The molecule has 1 fully saturated rings. The number of hydrogen-bond donors (Lipinski definition) is 1. The maximum atomic E-state index is 12.2. The summed E-state index contributed by atoms with van der Waals surface area (Å²) in [7, 11) is 0. The van der Waals surface area contributed by atoms with E-state index in [1.54, 1.807) is 17.1 Å². The van der Waals surface area contributed by atoms with Gasteiger partial charge in [-0.3, -0.25) is 14.4 Å². The number of carbonyl (C=O) groups is 1. The molecule has 0 aliphatic carbocycles. The normalized spacial score (nSPS) is 15.8. The van der Waals surface area contributed by atoms with E-state index in [0.717, 1.165) is 43.9 Å². The minimum atomic E-state index is 0.0680. The number of aliphatic hydroxyl groups is 1. The van der Waals surface area contributed by atoms with Crippen LogP contribution in [0.5, 0.6) is 0 Å². The maximum absolute atomic E-state index is 12.2. The lowest BCUT2D eigenvalue weighted by Gasteiger charge is -2.35. The fourth-order valence-electron chi connectivity index (χ4n) is 2.89. The van der Waals surface area contributed by atoms with Gasteiger partial charge in [-0.05, 0) is 17.2 Å². The van der Waals surface area contributed by atoms with E-state index in [1.807, 2.05) is 29.2 Å². The Hall–Kier alpha value is -2.18. The van der Waals surface area contributed by atoms with E-state index in [2.05, 4.69) is 16.1 Å². The first-order valence-corrected chi connectivity index (χ1v) is 7.91. The molecule has 1 aromatic carbocycles. The zero-order chi connectivity index (χ0) is 16.1. The first-order valence-electron chi connectivity index (χ1n) is 7.91. The van der Waals surface area contributed by atoms with Crippen molar-refractivity contribution < 1.29 is 9.90 Å². The van der Waals surface area contributed by atoms with Crippen LogP contribution in [0, 0.1) is 0 Å². The second-order valence-corrected chi connectivity index (χ2v) is 5.79. The van der Waals surface area contributed by atoms with Crippen molar-refractivity contribution in [2.45, 2.75) is 19.7 Å². The molecule has 1 aliphatic heterocycles. The van der Waals surface area contributed by atoms with Crippen molar-refractivity contribution in [2.75, 3.05) is 26.2 Å². The van der Waals surface area contributed by atoms with Crippen LogP contribution in [0.25, 0.3) is 0 Å². The van der Waals surface area contributed by atoms with Gasteiger partial charge in [0.25, 0.3) is 0 Å². The number of amides is 1. The molecule has 0 bridgehead atoms. The Morgan fingerprint density at radius 2 is 1.83 bits per heavy atom. The molecule has 1 amide bonds. The van der Waals surface area contributed by atoms with E-state index < -0.39 is 0 Å². The molecule has 1 N–H and O–H groups in total. The number of hydrogen-bond acceptors (Lipinski definition) is 4. The van der Waals surface area contributed by atoms with Crippen molar-refractivity contribution in [3.8, 4) is 0 Å². The highest BCUT2D eigenvalue weighted by Gasteiger charge is 2.21. The summed E-state index contributed by atoms with van der Waals surface area (Å²) >= 11 is 0. The zero-order valence-electron chi connectivity index (χ0n) is 13.1. The lowest BCUT2D eigenvalue weighted by Crippen LogP contribution is -2.49. The predicted octanol–water partition coefficient (Wildman–Crippen LogP) is 0.720. The van der Waals surface area contributed by atoms with Gasteiger partial charge in [0.15, 0.2) is 0 Å². The van der Waals surface area contributed by atoms with E-state index in [-0.39, 0.29) is 12.5 Å². The number of piperazine rings is 1. The topological polar surface area (TPSA) is 61.6 Å². The molecule has 0 saturated carbocycles. The minimum Gasteiger partial charge on any atom is -0.392 e. The standard InChI is InChI=1S/C17H22N4O2/c22-14-16-5-2-1-4-15(16)12-19-8-10-20(11-9-19)17(23)13-21-7-3-6-18-21/h1-7,22H,8-14H2. The third kappa shape index (κ3) is 3.97. The van der Waals surface area contributed by atoms with Crippen LogP contribution in [-0.4, -0.2) is 56.8 Å². The molecule has 122 valence electrons. The number of aliphatic hydroxyl groups excluding tert-OH is 1. The highest BCUT2D eigenvalue weighted by Crippen LogP contribution is 2.13. The van der Waals surface area contributed by atoms with Crippen LogP contribution in [0.2, 0.25) is 0 Å². The van der Waals surface area contributed by atoms with Gasteiger partial charge in [0.2, 0.25) is 5.91 Å². The van der Waals surface area contributed by atoms with Crippen molar-refractivity contribution >= 4 is 5.91 Å². The summed E-state index contributed by atoms with van der Waals surface area (Å²) in [6, 6.07) is 9.78. The Kier molecular flexibility index (Phi) is 5.05. The zero-order valence-corrected chi connectivity index (χ0v) is 13.1. The minimum absolute atomic E-state index is 0.0680. The summed E-state index contributed by atoms with van der Waals surface area (Å²) in [5.41, 5.74) is 2.14. The molecule has 3 rings (SSSR count). The Morgan fingerprint density at radius 3 is 2.48 bits per heavy atom. The molecule has 1 aliphatic rings. The van der Waals surface area contributed by atoms with Gasteiger partial charge in [-0.25, -0.2) is 0 Å². The quantitative estimate of drug-likeness (QED) is 0.883. The maximum Gasteiger partial charge on any atom is 0.244 e. The van der Waals surface area contributed by atoms with Crippen LogP contribution in [0.1, 0.15) is 11.1 Å². The highest BCUT2D eigenvalue weighted by molar-refractivity contribution is 5.76. The number of carbonyl (C=O) groups excluding carboxylic acids is 1. The van der Waals surface area contributed by atoms with Crippen molar-refractivity contribution in [3.05, 3.63) is 53.9 Å². The molecule has 23 heavy (non-hydrogen) atoms. The smallest absolute Gasteiger partial charge is 0.244 e. The van der Waals surface area contributed by atoms with Crippen LogP contribution in [0.3, 0.4) is 0 Å². The monoisotopic (exact) mass is 314 g/mol. The van der Waals surface area contributed by atoms with E-state index in [1.165, 1.54) is 0 Å². The summed E-state index contributed by atoms with van der Waals surface area (Å²) in [6.07, 6.45) is 3.49. The van der Waals surface area contributed by atoms with Gasteiger partial charge in [0, 0.05) is 45.1 Å². The average molecular weight is 314 g/mol. The molecule has 0 radical (unpaired) electrons. The van der Waals surface area contributed by atoms with Crippen molar-refractivity contribution in [1.29, 1.82) is 0 Å². The van der Waals surface area contributed by atoms with Crippen molar-refractivity contribution in [2.24, 2.45) is 0 Å². The lowest BCUT2D eigenvalue weighted by molar-refractivity contribution is -0.133. The number of benzene rings is 1. The van der Waals surface area contributed by atoms with E-state index in [4.69, 9.17) is 0 Å². The summed E-state index contributed by atoms with van der Waals surface area (Å²) in [5.74, 6) is 0.115. The molecule has 1 saturated heterocycles. The van der Waals surface area contributed by atoms with E-state index >= 15 is 0 Å². The van der Waals surface area contributed by atoms with Crippen LogP contribution >= 0.6 is 0 Å². The summed E-state index contributed by atoms with van der Waals surface area (Å²) in [5, 5.41) is 13.5. The molecule has 0 spiro atoms. The number of nitrogens with zero attached hydrogens (tertiary/aromatic N) is 4. The highest BCUT2D eigenvalue weighted by atomic mass is 16.3. The van der Waals surface area contributed by atoms with Crippen molar-refractivity contribution in [3.63, 3.8) is 0 Å². The number of rotatable bonds is 5. The van der Waals surface area contributed by atoms with Crippen LogP contribution in [-0.2, 0) is 24.5 Å². The number of aromatic nitrogens is 2. The summed E-state index contributed by atoms with van der Waals surface area (Å²) in [4.78, 5) is 16.5. The average Bonchev–Trinajstić information content (AvgIpc) is 3.09. The Bertz CT molecular complexity index is 634. The third-order valence-electron chi connectivity index (χ3n) is 4.26. The first-order chi connectivity index (χ1) is 11.3. The van der Waals surface area contributed by atoms with Gasteiger partial charge in [0.1, 0.15) is 6.54 Å². The predicted molar refractivity (Wildman–Crippen MR) is 86.4 cm³/mol. The van der Waals surface area contributed by atoms with Gasteiger partial charge >= 0.3 is 0 Å². The van der Waals surface area contributed by atoms with E-state index in [0.29, 0.717) is 6.54 Å². The Labute approximate surface area is 135 Å². The van der Waals surface area contributed by atoms with Crippen LogP contribution in [0.4, 0.5) is 0 Å². The van der Waals surface area contributed by atoms with Crippen LogP contribution in [0.15, 0.2) is 42.7 Å². The molecule has 2 heterocycles. The fraction of sp³-hybridized carbons (Fsp3) is 0.412. The third-order valence-corrected chi connectivity index (χ3v) is 4.26. The van der Waals surface area contributed by atoms with Gasteiger partial charge in [-0.2, -0.15) is 5.10 Å². The molecular weight excluding hydrogens is 292 g/mol. The molecule has 6 nitrogen and oxygen atoms in total. The fourth-order valence-corrected chi connectivity index (χ4v) is 2.89. The second kappa shape index (κ2) is 7.39. The Balaban J connectivity index is 1.51. The van der Waals surface area contributed by atoms with Crippen LogP contribution < -0.4 is 0 Å².